The second kappa shape index (κ2) is 2.91. The van der Waals surface area contributed by atoms with Crippen LogP contribution in [0.15, 0.2) is 17.1 Å². The molecule has 0 aromatic carbocycles. The van der Waals surface area contributed by atoms with Gasteiger partial charge in [0.05, 0.1) is 0 Å². The number of aromatic nitrogens is 1. The van der Waals surface area contributed by atoms with Crippen molar-refractivity contribution >= 4 is 0 Å². The maximum atomic E-state index is 11.2. The summed E-state index contributed by atoms with van der Waals surface area (Å²) in [6, 6.07) is 1.68. The van der Waals surface area contributed by atoms with Crippen LogP contribution in [0.4, 0.5) is 0 Å². The molecule has 1 aromatic rings. The average molecular weight is 151 g/mol. The SMILES string of the molecule is CCn1cc(C)c(C)cc1=O. The largest absolute Gasteiger partial charge is 0.316 e. The molecule has 0 saturated carbocycles. The summed E-state index contributed by atoms with van der Waals surface area (Å²) in [5.41, 5.74) is 2.33. The molecule has 0 N–H and O–H groups in total. The van der Waals surface area contributed by atoms with Crippen LogP contribution in [0.3, 0.4) is 0 Å². The lowest BCUT2D eigenvalue weighted by Crippen LogP contribution is -2.18. The van der Waals surface area contributed by atoms with E-state index in [1.165, 1.54) is 5.56 Å². The van der Waals surface area contributed by atoms with Crippen LogP contribution in [-0.4, -0.2) is 4.57 Å². The molecule has 60 valence electrons. The van der Waals surface area contributed by atoms with Crippen LogP contribution in [0.25, 0.3) is 0 Å². The fourth-order valence-corrected chi connectivity index (χ4v) is 1.03. The van der Waals surface area contributed by atoms with E-state index in [4.69, 9.17) is 0 Å². The van der Waals surface area contributed by atoms with Crippen LogP contribution in [0.5, 0.6) is 0 Å². The van der Waals surface area contributed by atoms with Gasteiger partial charge >= 0.3 is 0 Å². The van der Waals surface area contributed by atoms with Crippen LogP contribution in [0.1, 0.15) is 18.1 Å². The lowest BCUT2D eigenvalue weighted by molar-refractivity contribution is 0.720. The summed E-state index contributed by atoms with van der Waals surface area (Å²) in [7, 11) is 0. The maximum absolute atomic E-state index is 11.2. The fraction of sp³-hybridized carbons (Fsp3) is 0.444. The van der Waals surface area contributed by atoms with E-state index in [1.807, 2.05) is 27.0 Å². The Morgan fingerprint density at radius 2 is 2.00 bits per heavy atom. The molecule has 0 amide bonds. The molecule has 0 atom stereocenters. The Morgan fingerprint density at radius 3 is 2.55 bits per heavy atom. The molecule has 0 fully saturated rings. The van der Waals surface area contributed by atoms with Crippen LogP contribution in [0.2, 0.25) is 0 Å². The van der Waals surface area contributed by atoms with E-state index in [0.29, 0.717) is 0 Å². The highest BCUT2D eigenvalue weighted by molar-refractivity contribution is 5.20. The van der Waals surface area contributed by atoms with Crippen LogP contribution in [-0.2, 0) is 6.54 Å². The zero-order valence-electron chi connectivity index (χ0n) is 7.22. The van der Waals surface area contributed by atoms with Crippen molar-refractivity contribution in [1.29, 1.82) is 0 Å². The van der Waals surface area contributed by atoms with Gasteiger partial charge in [-0.25, -0.2) is 0 Å². The Morgan fingerprint density at radius 1 is 1.36 bits per heavy atom. The minimum atomic E-state index is 0.0931. The molecule has 11 heavy (non-hydrogen) atoms. The first-order valence-corrected chi connectivity index (χ1v) is 3.83. The van der Waals surface area contributed by atoms with E-state index in [9.17, 15) is 4.79 Å². The van der Waals surface area contributed by atoms with Crippen molar-refractivity contribution in [1.82, 2.24) is 4.57 Å². The molecule has 2 nitrogen and oxygen atoms in total. The molecular weight excluding hydrogens is 138 g/mol. The quantitative estimate of drug-likeness (QED) is 0.596. The molecule has 1 heterocycles. The lowest BCUT2D eigenvalue weighted by Gasteiger charge is -2.04. The Balaban J connectivity index is 3.32. The number of hydrogen-bond donors (Lipinski definition) is 0. The zero-order chi connectivity index (χ0) is 8.43. The minimum Gasteiger partial charge on any atom is -0.316 e. The number of hydrogen-bond acceptors (Lipinski definition) is 1. The molecule has 0 radical (unpaired) electrons. The van der Waals surface area contributed by atoms with E-state index < -0.39 is 0 Å². The van der Waals surface area contributed by atoms with Crippen molar-refractivity contribution in [2.45, 2.75) is 27.3 Å². The van der Waals surface area contributed by atoms with Crippen LogP contribution >= 0.6 is 0 Å². The molecule has 1 aromatic heterocycles. The van der Waals surface area contributed by atoms with Gasteiger partial charge in [0, 0.05) is 18.8 Å². The Kier molecular flexibility index (Phi) is 2.13. The second-order valence-corrected chi connectivity index (χ2v) is 2.76. The van der Waals surface area contributed by atoms with Gasteiger partial charge in [0.15, 0.2) is 0 Å². The summed E-state index contributed by atoms with van der Waals surface area (Å²) in [5.74, 6) is 0. The highest BCUT2D eigenvalue weighted by atomic mass is 16.1. The molecule has 0 aliphatic carbocycles. The molecule has 0 bridgehead atoms. The van der Waals surface area contributed by atoms with Gasteiger partial charge < -0.3 is 4.57 Å². The highest BCUT2D eigenvalue weighted by Crippen LogP contribution is 2.00. The van der Waals surface area contributed by atoms with E-state index in [-0.39, 0.29) is 5.56 Å². The molecule has 1 rings (SSSR count). The first-order chi connectivity index (χ1) is 5.15. The molecule has 0 aliphatic rings. The number of aryl methyl sites for hydroxylation is 3. The van der Waals surface area contributed by atoms with E-state index in [1.54, 1.807) is 10.6 Å². The third-order valence-corrected chi connectivity index (χ3v) is 1.94. The molecule has 0 spiro atoms. The first-order valence-electron chi connectivity index (χ1n) is 3.83. The summed E-state index contributed by atoms with van der Waals surface area (Å²) < 4.78 is 1.71. The van der Waals surface area contributed by atoms with Crippen molar-refractivity contribution in [2.75, 3.05) is 0 Å². The summed E-state index contributed by atoms with van der Waals surface area (Å²) in [4.78, 5) is 11.2. The van der Waals surface area contributed by atoms with Crippen molar-refractivity contribution in [3.63, 3.8) is 0 Å². The zero-order valence-corrected chi connectivity index (χ0v) is 7.22. The van der Waals surface area contributed by atoms with Gasteiger partial charge in [0.1, 0.15) is 0 Å². The topological polar surface area (TPSA) is 22.0 Å². The van der Waals surface area contributed by atoms with Gasteiger partial charge in [-0.3, -0.25) is 4.79 Å². The van der Waals surface area contributed by atoms with E-state index in [2.05, 4.69) is 0 Å². The molecular formula is C9H13NO. The Hall–Kier alpha value is -1.05. The van der Waals surface area contributed by atoms with Gasteiger partial charge in [-0.2, -0.15) is 0 Å². The van der Waals surface area contributed by atoms with Crippen LogP contribution < -0.4 is 5.56 Å². The predicted octanol–water partition coefficient (Wildman–Crippen LogP) is 1.49. The van der Waals surface area contributed by atoms with Gasteiger partial charge in [-0.1, -0.05) is 0 Å². The monoisotopic (exact) mass is 151 g/mol. The molecule has 0 unspecified atom stereocenters. The average Bonchev–Trinajstić information content (AvgIpc) is 1.97. The third-order valence-electron chi connectivity index (χ3n) is 1.94. The van der Waals surface area contributed by atoms with Crippen molar-refractivity contribution in [2.24, 2.45) is 0 Å². The normalized spacial score (nSPS) is 10.1. The molecule has 0 aliphatic heterocycles. The summed E-state index contributed by atoms with van der Waals surface area (Å²) in [6.07, 6.45) is 1.90. The van der Waals surface area contributed by atoms with Crippen molar-refractivity contribution in [3.05, 3.63) is 33.7 Å². The second-order valence-electron chi connectivity index (χ2n) is 2.76. The summed E-state index contributed by atoms with van der Waals surface area (Å²) in [5, 5.41) is 0. The van der Waals surface area contributed by atoms with Gasteiger partial charge in [-0.15, -0.1) is 0 Å². The standard InChI is InChI=1S/C9H13NO/c1-4-10-6-8(3)7(2)5-9(10)11/h5-6H,4H2,1-3H3. The summed E-state index contributed by atoms with van der Waals surface area (Å²) in [6.45, 7) is 6.69. The van der Waals surface area contributed by atoms with Gasteiger partial charge in [0.2, 0.25) is 0 Å². The number of nitrogens with zero attached hydrogens (tertiary/aromatic N) is 1. The molecule has 2 heteroatoms. The van der Waals surface area contributed by atoms with Crippen molar-refractivity contribution < 1.29 is 0 Å². The fourth-order valence-electron chi connectivity index (χ4n) is 1.03. The van der Waals surface area contributed by atoms with E-state index in [0.717, 1.165) is 12.1 Å². The summed E-state index contributed by atoms with van der Waals surface area (Å²) >= 11 is 0. The van der Waals surface area contributed by atoms with Crippen molar-refractivity contribution in [3.8, 4) is 0 Å². The highest BCUT2D eigenvalue weighted by Gasteiger charge is 1.96. The first kappa shape index (κ1) is 8.05. The Labute approximate surface area is 66.5 Å². The van der Waals surface area contributed by atoms with E-state index >= 15 is 0 Å². The minimum absolute atomic E-state index is 0.0931. The Bertz CT molecular complexity index is 312. The lowest BCUT2D eigenvalue weighted by atomic mass is 10.2. The smallest absolute Gasteiger partial charge is 0.250 e. The van der Waals surface area contributed by atoms with Crippen LogP contribution in [0, 0.1) is 13.8 Å². The maximum Gasteiger partial charge on any atom is 0.250 e. The third kappa shape index (κ3) is 1.50. The number of pyridine rings is 1. The predicted molar refractivity (Wildman–Crippen MR) is 45.9 cm³/mol. The van der Waals surface area contributed by atoms with Gasteiger partial charge in [0.25, 0.3) is 5.56 Å². The molecule has 0 saturated heterocycles. The number of rotatable bonds is 1. The van der Waals surface area contributed by atoms with Gasteiger partial charge in [-0.05, 0) is 31.9 Å².